The molecule has 1 heterocycles. The van der Waals surface area contributed by atoms with Gasteiger partial charge in [0.25, 0.3) is 0 Å². The Kier molecular flexibility index (Phi) is 10.7. The van der Waals surface area contributed by atoms with Gasteiger partial charge < -0.3 is 0 Å². The van der Waals surface area contributed by atoms with Crippen LogP contribution >= 0.6 is 24.8 Å². The van der Waals surface area contributed by atoms with Gasteiger partial charge in [0.2, 0.25) is 0 Å². The molecule has 1 atom stereocenters. The van der Waals surface area contributed by atoms with E-state index in [4.69, 9.17) is 0 Å². The number of nitrogens with zero attached hydrogens (tertiary/aromatic N) is 2. The molecule has 166 valence electrons. The highest BCUT2D eigenvalue weighted by molar-refractivity contribution is 5.85. The molecule has 4 rings (SSSR count). The van der Waals surface area contributed by atoms with Crippen LogP contribution in [0.5, 0.6) is 0 Å². The lowest BCUT2D eigenvalue weighted by Crippen LogP contribution is -2.51. The minimum atomic E-state index is 0. The van der Waals surface area contributed by atoms with Crippen molar-refractivity contribution in [3.05, 3.63) is 71.3 Å². The van der Waals surface area contributed by atoms with Gasteiger partial charge in [-0.1, -0.05) is 85.8 Å². The summed E-state index contributed by atoms with van der Waals surface area (Å²) in [4.78, 5) is 5.54. The Morgan fingerprint density at radius 2 is 1.37 bits per heavy atom. The Labute approximate surface area is 195 Å². The van der Waals surface area contributed by atoms with Crippen molar-refractivity contribution in [1.29, 1.82) is 0 Å². The van der Waals surface area contributed by atoms with Crippen LogP contribution in [0.1, 0.15) is 61.3 Å². The fourth-order valence-electron chi connectivity index (χ4n) is 5.12. The fraction of sp³-hybridized carbons (Fsp3) is 0.538. The molecule has 0 bridgehead atoms. The topological polar surface area (TPSA) is 6.48 Å². The molecule has 1 saturated heterocycles. The highest BCUT2D eigenvalue weighted by Gasteiger charge is 2.28. The molecule has 2 nitrogen and oxygen atoms in total. The monoisotopic (exact) mass is 448 g/mol. The largest absolute Gasteiger partial charge is 0.298 e. The SMILES string of the molecule is Cc1ccc(CC(c2ccccc2)N2CCN(C3CCCCCC3)CC2)cc1.Cl.Cl. The lowest BCUT2D eigenvalue weighted by atomic mass is 9.96. The maximum atomic E-state index is 2.80. The van der Waals surface area contributed by atoms with E-state index in [0.29, 0.717) is 6.04 Å². The lowest BCUT2D eigenvalue weighted by Gasteiger charge is -2.42. The van der Waals surface area contributed by atoms with E-state index in [0.717, 1.165) is 12.5 Å². The van der Waals surface area contributed by atoms with Crippen LogP contribution in [0.25, 0.3) is 0 Å². The average Bonchev–Trinajstić information content (AvgIpc) is 3.04. The molecule has 0 spiro atoms. The Balaban J connectivity index is 0.00000160. The predicted molar refractivity (Wildman–Crippen MR) is 133 cm³/mol. The van der Waals surface area contributed by atoms with E-state index in [9.17, 15) is 0 Å². The lowest BCUT2D eigenvalue weighted by molar-refractivity contribution is 0.0633. The van der Waals surface area contributed by atoms with E-state index in [1.54, 1.807) is 0 Å². The molecule has 30 heavy (non-hydrogen) atoms. The number of rotatable bonds is 5. The smallest absolute Gasteiger partial charge is 0.0389 e. The van der Waals surface area contributed by atoms with E-state index in [2.05, 4.69) is 71.3 Å². The Hall–Kier alpha value is -1.06. The molecule has 2 aromatic rings. The van der Waals surface area contributed by atoms with E-state index >= 15 is 0 Å². The molecule has 0 amide bonds. The van der Waals surface area contributed by atoms with Gasteiger partial charge in [-0.3, -0.25) is 9.80 Å². The average molecular weight is 450 g/mol. The first-order valence-corrected chi connectivity index (χ1v) is 11.4. The molecule has 1 aliphatic carbocycles. The summed E-state index contributed by atoms with van der Waals surface area (Å²) in [5.41, 5.74) is 4.26. The molecule has 1 unspecified atom stereocenters. The maximum absolute atomic E-state index is 2.80. The van der Waals surface area contributed by atoms with Crippen LogP contribution in [0.4, 0.5) is 0 Å². The van der Waals surface area contributed by atoms with Crippen molar-refractivity contribution in [2.75, 3.05) is 26.2 Å². The molecule has 4 heteroatoms. The van der Waals surface area contributed by atoms with Gasteiger partial charge in [0, 0.05) is 38.3 Å². The molecule has 0 aromatic heterocycles. The van der Waals surface area contributed by atoms with Gasteiger partial charge in [-0.25, -0.2) is 0 Å². The minimum absolute atomic E-state index is 0. The predicted octanol–water partition coefficient (Wildman–Crippen LogP) is 6.46. The summed E-state index contributed by atoms with van der Waals surface area (Å²) >= 11 is 0. The summed E-state index contributed by atoms with van der Waals surface area (Å²) in [6.07, 6.45) is 9.72. The number of halogens is 2. The minimum Gasteiger partial charge on any atom is -0.298 e. The van der Waals surface area contributed by atoms with Crippen molar-refractivity contribution < 1.29 is 0 Å². The highest BCUT2D eigenvalue weighted by Crippen LogP contribution is 2.29. The first-order chi connectivity index (χ1) is 13.8. The van der Waals surface area contributed by atoms with E-state index in [1.807, 2.05) is 0 Å². The normalized spacial score (nSPS) is 19.9. The molecular formula is C26H38Cl2N2. The zero-order valence-corrected chi connectivity index (χ0v) is 20.0. The molecule has 0 radical (unpaired) electrons. The van der Waals surface area contributed by atoms with Gasteiger partial charge in [0.15, 0.2) is 0 Å². The third-order valence-electron chi connectivity index (χ3n) is 6.86. The quantitative estimate of drug-likeness (QED) is 0.483. The van der Waals surface area contributed by atoms with Gasteiger partial charge in [0.05, 0.1) is 0 Å². The summed E-state index contributed by atoms with van der Waals surface area (Å²) in [7, 11) is 0. The van der Waals surface area contributed by atoms with E-state index in [-0.39, 0.29) is 24.8 Å². The molecule has 2 aromatic carbocycles. The van der Waals surface area contributed by atoms with Crippen molar-refractivity contribution in [2.45, 2.75) is 64.0 Å². The van der Waals surface area contributed by atoms with E-state index < -0.39 is 0 Å². The van der Waals surface area contributed by atoms with Crippen molar-refractivity contribution in [1.82, 2.24) is 9.80 Å². The first kappa shape index (κ1) is 25.2. The van der Waals surface area contributed by atoms with Gasteiger partial charge in [-0.15, -0.1) is 24.8 Å². The summed E-state index contributed by atoms with van der Waals surface area (Å²) in [5.74, 6) is 0. The van der Waals surface area contributed by atoms with Gasteiger partial charge in [0.1, 0.15) is 0 Å². The Morgan fingerprint density at radius 3 is 1.97 bits per heavy atom. The third kappa shape index (κ3) is 6.72. The van der Waals surface area contributed by atoms with Crippen molar-refractivity contribution in [3.8, 4) is 0 Å². The van der Waals surface area contributed by atoms with Crippen LogP contribution in [0.15, 0.2) is 54.6 Å². The molecule has 1 saturated carbocycles. The van der Waals surface area contributed by atoms with Gasteiger partial charge in [-0.2, -0.15) is 0 Å². The zero-order chi connectivity index (χ0) is 19.2. The maximum Gasteiger partial charge on any atom is 0.0389 e. The number of hydrogen-bond acceptors (Lipinski definition) is 2. The summed E-state index contributed by atoms with van der Waals surface area (Å²) in [5, 5.41) is 0. The summed E-state index contributed by atoms with van der Waals surface area (Å²) < 4.78 is 0. The molecule has 2 fully saturated rings. The third-order valence-corrected chi connectivity index (χ3v) is 6.86. The number of benzene rings is 2. The molecule has 0 N–H and O–H groups in total. The molecule has 2 aliphatic rings. The summed E-state index contributed by atoms with van der Waals surface area (Å²) in [6, 6.07) is 21.6. The number of hydrogen-bond donors (Lipinski definition) is 0. The van der Waals surface area contributed by atoms with Gasteiger partial charge in [-0.05, 0) is 37.3 Å². The number of piperazine rings is 1. The van der Waals surface area contributed by atoms with Crippen LogP contribution in [-0.2, 0) is 6.42 Å². The van der Waals surface area contributed by atoms with Crippen LogP contribution in [0, 0.1) is 6.92 Å². The second kappa shape index (κ2) is 12.7. The second-order valence-electron chi connectivity index (χ2n) is 8.83. The second-order valence-corrected chi connectivity index (χ2v) is 8.83. The van der Waals surface area contributed by atoms with Crippen molar-refractivity contribution in [3.63, 3.8) is 0 Å². The highest BCUT2D eigenvalue weighted by atomic mass is 35.5. The van der Waals surface area contributed by atoms with Crippen LogP contribution in [-0.4, -0.2) is 42.0 Å². The van der Waals surface area contributed by atoms with E-state index in [1.165, 1.54) is 81.4 Å². The van der Waals surface area contributed by atoms with Crippen LogP contribution in [0.3, 0.4) is 0 Å². The number of aryl methyl sites for hydroxylation is 1. The first-order valence-electron chi connectivity index (χ1n) is 11.4. The van der Waals surface area contributed by atoms with Crippen molar-refractivity contribution >= 4 is 24.8 Å². The van der Waals surface area contributed by atoms with Gasteiger partial charge >= 0.3 is 0 Å². The summed E-state index contributed by atoms with van der Waals surface area (Å²) in [6.45, 7) is 7.04. The fourth-order valence-corrected chi connectivity index (χ4v) is 5.12. The van der Waals surface area contributed by atoms with Crippen molar-refractivity contribution in [2.24, 2.45) is 0 Å². The zero-order valence-electron chi connectivity index (χ0n) is 18.3. The Morgan fingerprint density at radius 1 is 0.767 bits per heavy atom. The van der Waals surface area contributed by atoms with Crippen LogP contribution in [0.2, 0.25) is 0 Å². The Bertz CT molecular complexity index is 704. The van der Waals surface area contributed by atoms with Crippen LogP contribution < -0.4 is 0 Å². The molecular weight excluding hydrogens is 411 g/mol. The molecule has 1 aliphatic heterocycles. The standard InChI is InChI=1S/C26H36N2.2ClH/c1-22-13-15-23(16-14-22)21-26(24-9-5-4-6-10-24)28-19-17-27(18-20-28)25-11-7-2-3-8-12-25;;/h4-6,9-10,13-16,25-26H,2-3,7-8,11-12,17-21H2,1H3;2*1H.